The van der Waals surface area contributed by atoms with Crippen molar-refractivity contribution in [1.82, 2.24) is 9.97 Å². The molecule has 0 fully saturated rings. The van der Waals surface area contributed by atoms with E-state index in [1.165, 1.54) is 6.33 Å². The van der Waals surface area contributed by atoms with Crippen LogP contribution in [0.4, 0.5) is 0 Å². The highest BCUT2D eigenvalue weighted by Gasteiger charge is 1.96. The smallest absolute Gasteiger partial charge is 0.216 e. The molecule has 1 aromatic rings. The first-order chi connectivity index (χ1) is 6.29. The van der Waals surface area contributed by atoms with Crippen LogP contribution in [0.2, 0.25) is 0 Å². The summed E-state index contributed by atoms with van der Waals surface area (Å²) < 4.78 is 5.29. The molecule has 1 heterocycles. The van der Waals surface area contributed by atoms with Crippen LogP contribution in [-0.2, 0) is 0 Å². The minimum atomic E-state index is -0.256. The monoisotopic (exact) mass is 182 g/mol. The fourth-order valence-corrected chi connectivity index (χ4v) is 0.919. The second-order valence-corrected chi connectivity index (χ2v) is 2.89. The summed E-state index contributed by atoms with van der Waals surface area (Å²) in [4.78, 5) is 7.67. The Bertz CT molecular complexity index is 226. The van der Waals surface area contributed by atoms with Crippen molar-refractivity contribution in [3.63, 3.8) is 0 Å². The van der Waals surface area contributed by atoms with E-state index in [1.807, 2.05) is 0 Å². The highest BCUT2D eigenvalue weighted by molar-refractivity contribution is 5.03. The minimum absolute atomic E-state index is 0.256. The molecule has 13 heavy (non-hydrogen) atoms. The van der Waals surface area contributed by atoms with Gasteiger partial charge in [-0.3, -0.25) is 0 Å². The quantitative estimate of drug-likeness (QED) is 0.691. The summed E-state index contributed by atoms with van der Waals surface area (Å²) in [6, 6.07) is 1.71. The molecular weight excluding hydrogens is 168 g/mol. The van der Waals surface area contributed by atoms with Gasteiger partial charge in [-0.15, -0.1) is 0 Å². The first-order valence-electron chi connectivity index (χ1n) is 4.36. The van der Waals surface area contributed by atoms with Gasteiger partial charge in [0.25, 0.3) is 0 Å². The lowest BCUT2D eigenvalue weighted by Gasteiger charge is -2.05. The van der Waals surface area contributed by atoms with Crippen molar-refractivity contribution in [1.29, 1.82) is 0 Å². The molecule has 0 spiro atoms. The second-order valence-electron chi connectivity index (χ2n) is 2.89. The van der Waals surface area contributed by atoms with Gasteiger partial charge in [0.2, 0.25) is 5.88 Å². The molecule has 1 rings (SSSR count). The molecule has 0 saturated heterocycles. The molecule has 0 aliphatic carbocycles. The summed E-state index contributed by atoms with van der Waals surface area (Å²) in [7, 11) is 0. The van der Waals surface area contributed by atoms with Crippen LogP contribution in [0.1, 0.15) is 19.8 Å². The number of hydrogen-bond donors (Lipinski definition) is 1. The van der Waals surface area contributed by atoms with Gasteiger partial charge in [0.1, 0.15) is 6.33 Å². The third-order valence-electron chi connectivity index (χ3n) is 1.57. The third kappa shape index (κ3) is 4.42. The zero-order chi connectivity index (χ0) is 9.52. The van der Waals surface area contributed by atoms with Crippen molar-refractivity contribution >= 4 is 0 Å². The number of nitrogens with zero attached hydrogens (tertiary/aromatic N) is 2. The van der Waals surface area contributed by atoms with E-state index < -0.39 is 0 Å². The van der Waals surface area contributed by atoms with E-state index in [2.05, 4.69) is 9.97 Å². The number of aliphatic hydroxyl groups excluding tert-OH is 1. The largest absolute Gasteiger partial charge is 0.478 e. The maximum Gasteiger partial charge on any atom is 0.216 e. The van der Waals surface area contributed by atoms with Crippen LogP contribution < -0.4 is 4.74 Å². The van der Waals surface area contributed by atoms with Gasteiger partial charge in [-0.2, -0.15) is 0 Å². The summed E-state index contributed by atoms with van der Waals surface area (Å²) >= 11 is 0. The standard InChI is InChI=1S/C9H14N2O2/c1-8(12)3-2-6-13-9-4-5-10-7-11-9/h4-5,7-8,12H,2-3,6H2,1H3. The maximum absolute atomic E-state index is 8.97. The van der Waals surface area contributed by atoms with E-state index in [9.17, 15) is 0 Å². The molecule has 1 atom stereocenters. The molecular formula is C9H14N2O2. The first-order valence-corrected chi connectivity index (χ1v) is 4.36. The highest BCUT2D eigenvalue weighted by atomic mass is 16.5. The predicted octanol–water partition coefficient (Wildman–Crippen LogP) is 1.02. The van der Waals surface area contributed by atoms with Gasteiger partial charge < -0.3 is 9.84 Å². The summed E-state index contributed by atoms with van der Waals surface area (Å²) in [5.74, 6) is 0.584. The van der Waals surface area contributed by atoms with Crippen LogP contribution in [0, 0.1) is 0 Å². The fourth-order valence-electron chi connectivity index (χ4n) is 0.919. The molecule has 1 aromatic heterocycles. The van der Waals surface area contributed by atoms with Crippen LogP contribution >= 0.6 is 0 Å². The van der Waals surface area contributed by atoms with E-state index in [1.54, 1.807) is 19.2 Å². The Morgan fingerprint density at radius 3 is 3.08 bits per heavy atom. The topological polar surface area (TPSA) is 55.2 Å². The van der Waals surface area contributed by atoms with E-state index in [0.717, 1.165) is 12.8 Å². The number of rotatable bonds is 5. The predicted molar refractivity (Wildman–Crippen MR) is 48.4 cm³/mol. The van der Waals surface area contributed by atoms with Gasteiger partial charge in [-0.25, -0.2) is 9.97 Å². The van der Waals surface area contributed by atoms with Crippen molar-refractivity contribution in [3.05, 3.63) is 18.6 Å². The van der Waals surface area contributed by atoms with E-state index in [4.69, 9.17) is 9.84 Å². The molecule has 72 valence electrons. The fraction of sp³-hybridized carbons (Fsp3) is 0.556. The molecule has 0 radical (unpaired) electrons. The van der Waals surface area contributed by atoms with Crippen LogP contribution in [0.5, 0.6) is 5.88 Å². The number of aromatic nitrogens is 2. The lowest BCUT2D eigenvalue weighted by atomic mass is 10.2. The average Bonchev–Trinajstić information content (AvgIpc) is 2.14. The Morgan fingerprint density at radius 2 is 2.46 bits per heavy atom. The molecule has 0 saturated carbocycles. The van der Waals surface area contributed by atoms with Crippen LogP contribution in [0.25, 0.3) is 0 Å². The van der Waals surface area contributed by atoms with Gasteiger partial charge in [0, 0.05) is 12.3 Å². The van der Waals surface area contributed by atoms with E-state index >= 15 is 0 Å². The molecule has 1 unspecified atom stereocenters. The Kier molecular flexibility index (Phi) is 4.18. The average molecular weight is 182 g/mol. The van der Waals surface area contributed by atoms with Gasteiger partial charge in [0.15, 0.2) is 0 Å². The van der Waals surface area contributed by atoms with Crippen molar-refractivity contribution < 1.29 is 9.84 Å². The van der Waals surface area contributed by atoms with Crippen molar-refractivity contribution in [2.45, 2.75) is 25.9 Å². The normalized spacial score (nSPS) is 12.5. The van der Waals surface area contributed by atoms with Crippen LogP contribution in [-0.4, -0.2) is 27.8 Å². The molecule has 0 aliphatic rings. The molecule has 0 aromatic carbocycles. The summed E-state index contributed by atoms with van der Waals surface area (Å²) in [5, 5.41) is 8.97. The lowest BCUT2D eigenvalue weighted by Crippen LogP contribution is -2.04. The number of ether oxygens (including phenoxy) is 1. The Balaban J connectivity index is 2.13. The van der Waals surface area contributed by atoms with E-state index in [0.29, 0.717) is 12.5 Å². The Morgan fingerprint density at radius 1 is 1.62 bits per heavy atom. The van der Waals surface area contributed by atoms with Crippen LogP contribution in [0.3, 0.4) is 0 Å². The lowest BCUT2D eigenvalue weighted by molar-refractivity contribution is 0.169. The zero-order valence-corrected chi connectivity index (χ0v) is 7.68. The second kappa shape index (κ2) is 5.48. The Labute approximate surface area is 77.6 Å². The van der Waals surface area contributed by atoms with Crippen molar-refractivity contribution in [3.8, 4) is 5.88 Å². The third-order valence-corrected chi connectivity index (χ3v) is 1.57. The molecule has 4 nitrogen and oxygen atoms in total. The molecule has 0 amide bonds. The van der Waals surface area contributed by atoms with E-state index in [-0.39, 0.29) is 6.10 Å². The van der Waals surface area contributed by atoms with Crippen molar-refractivity contribution in [2.24, 2.45) is 0 Å². The zero-order valence-electron chi connectivity index (χ0n) is 7.68. The minimum Gasteiger partial charge on any atom is -0.478 e. The van der Waals surface area contributed by atoms with Crippen molar-refractivity contribution in [2.75, 3.05) is 6.61 Å². The first kappa shape index (κ1) is 9.92. The van der Waals surface area contributed by atoms with Crippen LogP contribution in [0.15, 0.2) is 18.6 Å². The molecule has 0 bridgehead atoms. The van der Waals surface area contributed by atoms with Gasteiger partial charge in [-0.1, -0.05) is 0 Å². The van der Waals surface area contributed by atoms with Gasteiger partial charge >= 0.3 is 0 Å². The SMILES string of the molecule is CC(O)CCCOc1ccncn1. The van der Waals surface area contributed by atoms with Gasteiger partial charge in [-0.05, 0) is 19.8 Å². The molecule has 0 aliphatic heterocycles. The Hall–Kier alpha value is -1.16. The summed E-state index contributed by atoms with van der Waals surface area (Å²) in [6.45, 7) is 2.35. The summed E-state index contributed by atoms with van der Waals surface area (Å²) in [5.41, 5.74) is 0. The number of aliphatic hydroxyl groups is 1. The molecule has 1 N–H and O–H groups in total. The molecule has 4 heteroatoms. The number of hydrogen-bond acceptors (Lipinski definition) is 4. The highest BCUT2D eigenvalue weighted by Crippen LogP contribution is 2.03. The summed E-state index contributed by atoms with van der Waals surface area (Å²) in [6.07, 6.45) is 4.42. The van der Waals surface area contributed by atoms with Gasteiger partial charge in [0.05, 0.1) is 12.7 Å². The maximum atomic E-state index is 8.97.